The Morgan fingerprint density at radius 3 is 2.47 bits per heavy atom. The van der Waals surface area contributed by atoms with Gasteiger partial charge in [0.15, 0.2) is 5.03 Å². The predicted octanol–water partition coefficient (Wildman–Crippen LogP) is 0.159. The molecule has 0 saturated carbocycles. The van der Waals surface area contributed by atoms with Crippen molar-refractivity contribution in [3.05, 3.63) is 28.6 Å². The van der Waals surface area contributed by atoms with E-state index in [0.29, 0.717) is 13.1 Å². The van der Waals surface area contributed by atoms with E-state index in [1.807, 2.05) is 0 Å². The van der Waals surface area contributed by atoms with Crippen LogP contribution in [0.1, 0.15) is 12.8 Å². The SMILES string of the molecule is O=c1cccc(S(=O)(=O)N2CCCC2)[nH]1. The molecule has 0 radical (unpaired) electrons. The summed E-state index contributed by atoms with van der Waals surface area (Å²) in [5, 5.41) is -0.0168. The molecule has 1 aromatic rings. The van der Waals surface area contributed by atoms with Crippen LogP contribution in [0.15, 0.2) is 28.0 Å². The first-order chi connectivity index (χ1) is 7.10. The third-order valence-corrected chi connectivity index (χ3v) is 4.26. The molecule has 2 heterocycles. The lowest BCUT2D eigenvalue weighted by Gasteiger charge is -2.14. The quantitative estimate of drug-likeness (QED) is 0.783. The summed E-state index contributed by atoms with van der Waals surface area (Å²) in [6.07, 6.45) is 1.77. The van der Waals surface area contributed by atoms with Gasteiger partial charge in [0.1, 0.15) is 0 Å². The number of rotatable bonds is 2. The highest BCUT2D eigenvalue weighted by Gasteiger charge is 2.27. The van der Waals surface area contributed by atoms with Gasteiger partial charge in [0.05, 0.1) is 0 Å². The van der Waals surface area contributed by atoms with Crippen LogP contribution in [0, 0.1) is 0 Å². The van der Waals surface area contributed by atoms with E-state index in [1.165, 1.54) is 22.5 Å². The lowest BCUT2D eigenvalue weighted by Crippen LogP contribution is -2.29. The first kappa shape index (κ1) is 10.4. The molecule has 0 spiro atoms. The van der Waals surface area contributed by atoms with E-state index >= 15 is 0 Å². The molecule has 15 heavy (non-hydrogen) atoms. The van der Waals surface area contributed by atoms with Gasteiger partial charge in [-0.15, -0.1) is 0 Å². The number of nitrogens with zero attached hydrogens (tertiary/aromatic N) is 1. The molecule has 0 unspecified atom stereocenters. The number of aromatic amines is 1. The summed E-state index contributed by atoms with van der Waals surface area (Å²) in [6.45, 7) is 1.08. The van der Waals surface area contributed by atoms with Crippen molar-refractivity contribution in [2.45, 2.75) is 17.9 Å². The van der Waals surface area contributed by atoms with Crippen LogP contribution in [0.4, 0.5) is 0 Å². The normalized spacial score (nSPS) is 18.1. The Labute approximate surface area is 87.8 Å². The Morgan fingerprint density at radius 2 is 1.87 bits per heavy atom. The Balaban J connectivity index is 2.41. The molecule has 2 rings (SSSR count). The largest absolute Gasteiger partial charge is 0.312 e. The fourth-order valence-corrected chi connectivity index (χ4v) is 3.14. The van der Waals surface area contributed by atoms with E-state index in [-0.39, 0.29) is 5.03 Å². The van der Waals surface area contributed by atoms with Gasteiger partial charge in [-0.05, 0) is 18.9 Å². The molecule has 5 nitrogen and oxygen atoms in total. The average molecular weight is 228 g/mol. The van der Waals surface area contributed by atoms with E-state index < -0.39 is 15.6 Å². The molecule has 0 aliphatic carbocycles. The highest BCUT2D eigenvalue weighted by Crippen LogP contribution is 2.17. The number of nitrogens with one attached hydrogen (secondary N) is 1. The first-order valence-corrected chi connectivity index (χ1v) is 6.24. The Hall–Kier alpha value is -1.14. The molecule has 1 aliphatic rings. The summed E-state index contributed by atoms with van der Waals surface area (Å²) in [4.78, 5) is 13.4. The molecular weight excluding hydrogens is 216 g/mol. The summed E-state index contributed by atoms with van der Waals surface area (Å²) >= 11 is 0. The highest BCUT2D eigenvalue weighted by molar-refractivity contribution is 7.89. The van der Waals surface area contributed by atoms with Crippen LogP contribution < -0.4 is 5.56 Å². The zero-order chi connectivity index (χ0) is 10.9. The fourth-order valence-electron chi connectivity index (χ4n) is 1.65. The van der Waals surface area contributed by atoms with E-state index in [4.69, 9.17) is 0 Å². The zero-order valence-electron chi connectivity index (χ0n) is 8.14. The summed E-state index contributed by atoms with van der Waals surface area (Å²) in [5.41, 5.74) is -0.393. The van der Waals surface area contributed by atoms with Gasteiger partial charge in [-0.1, -0.05) is 6.07 Å². The third-order valence-electron chi connectivity index (χ3n) is 2.42. The molecule has 1 fully saturated rings. The molecule has 6 heteroatoms. The van der Waals surface area contributed by atoms with E-state index in [2.05, 4.69) is 4.98 Å². The number of sulfonamides is 1. The Kier molecular flexibility index (Phi) is 2.62. The topological polar surface area (TPSA) is 70.2 Å². The van der Waals surface area contributed by atoms with Gasteiger partial charge in [-0.25, -0.2) is 8.42 Å². The van der Waals surface area contributed by atoms with Crippen molar-refractivity contribution in [2.75, 3.05) is 13.1 Å². The van der Waals surface area contributed by atoms with Crippen molar-refractivity contribution in [1.29, 1.82) is 0 Å². The smallest absolute Gasteiger partial charge is 0.258 e. The van der Waals surface area contributed by atoms with Crippen LogP contribution in [0.3, 0.4) is 0 Å². The van der Waals surface area contributed by atoms with Gasteiger partial charge in [0.25, 0.3) is 10.0 Å². The van der Waals surface area contributed by atoms with Crippen molar-refractivity contribution in [3.8, 4) is 0 Å². The standard InChI is InChI=1S/C9H12N2O3S/c12-8-4-3-5-9(10-8)15(13,14)11-6-1-2-7-11/h3-5H,1-2,6-7H2,(H,10,12). The number of aromatic nitrogens is 1. The predicted molar refractivity (Wildman–Crippen MR) is 55.1 cm³/mol. The van der Waals surface area contributed by atoms with E-state index in [0.717, 1.165) is 12.8 Å². The van der Waals surface area contributed by atoms with Crippen LogP contribution in [0.2, 0.25) is 0 Å². The van der Waals surface area contributed by atoms with E-state index in [1.54, 1.807) is 0 Å². The molecule has 0 amide bonds. The van der Waals surface area contributed by atoms with Crippen LogP contribution in [0.25, 0.3) is 0 Å². The zero-order valence-corrected chi connectivity index (χ0v) is 8.96. The van der Waals surface area contributed by atoms with Crippen LogP contribution >= 0.6 is 0 Å². The van der Waals surface area contributed by atoms with Gasteiger partial charge in [-0.2, -0.15) is 4.31 Å². The van der Waals surface area contributed by atoms with Gasteiger partial charge in [-0.3, -0.25) is 4.79 Å². The minimum Gasteiger partial charge on any atom is -0.312 e. The number of hydrogen-bond acceptors (Lipinski definition) is 3. The highest BCUT2D eigenvalue weighted by atomic mass is 32.2. The minimum absolute atomic E-state index is 0.0168. The fraction of sp³-hybridized carbons (Fsp3) is 0.444. The molecule has 1 aromatic heterocycles. The van der Waals surface area contributed by atoms with Crippen molar-refractivity contribution < 1.29 is 8.42 Å². The Morgan fingerprint density at radius 1 is 1.20 bits per heavy atom. The second-order valence-corrected chi connectivity index (χ2v) is 5.40. The molecule has 0 atom stereocenters. The van der Waals surface area contributed by atoms with Crippen molar-refractivity contribution in [3.63, 3.8) is 0 Å². The minimum atomic E-state index is -3.48. The van der Waals surface area contributed by atoms with Crippen LogP contribution in [0.5, 0.6) is 0 Å². The second-order valence-electron chi connectivity index (χ2n) is 3.49. The van der Waals surface area contributed by atoms with Gasteiger partial charge < -0.3 is 4.98 Å². The summed E-state index contributed by atoms with van der Waals surface area (Å²) < 4.78 is 25.3. The van der Waals surface area contributed by atoms with Crippen molar-refractivity contribution in [2.24, 2.45) is 0 Å². The second kappa shape index (κ2) is 3.79. The molecule has 1 saturated heterocycles. The summed E-state index contributed by atoms with van der Waals surface area (Å²) in [7, 11) is -3.48. The molecule has 1 aliphatic heterocycles. The van der Waals surface area contributed by atoms with Gasteiger partial charge in [0.2, 0.25) is 5.56 Å². The number of hydrogen-bond donors (Lipinski definition) is 1. The lowest BCUT2D eigenvalue weighted by molar-refractivity contribution is 0.474. The molecule has 82 valence electrons. The van der Waals surface area contributed by atoms with Gasteiger partial charge in [0, 0.05) is 19.2 Å². The third kappa shape index (κ3) is 1.95. The lowest BCUT2D eigenvalue weighted by atomic mass is 10.4. The number of pyridine rings is 1. The molecule has 0 aromatic carbocycles. The Bertz CT molecular complexity index is 500. The van der Waals surface area contributed by atoms with Crippen molar-refractivity contribution in [1.82, 2.24) is 9.29 Å². The molecule has 0 bridgehead atoms. The molecule has 1 N–H and O–H groups in total. The van der Waals surface area contributed by atoms with Crippen LogP contribution in [-0.2, 0) is 10.0 Å². The maximum absolute atomic E-state index is 11.9. The van der Waals surface area contributed by atoms with Crippen molar-refractivity contribution >= 4 is 10.0 Å². The monoisotopic (exact) mass is 228 g/mol. The summed E-state index contributed by atoms with van der Waals surface area (Å²) in [6, 6.07) is 4.15. The van der Waals surface area contributed by atoms with Gasteiger partial charge >= 0.3 is 0 Å². The average Bonchev–Trinajstić information content (AvgIpc) is 2.71. The maximum Gasteiger partial charge on any atom is 0.258 e. The molecular formula is C9H12N2O3S. The summed E-state index contributed by atoms with van der Waals surface area (Å²) in [5.74, 6) is 0. The van der Waals surface area contributed by atoms with Crippen LogP contribution in [-0.4, -0.2) is 30.8 Å². The number of H-pyrrole nitrogens is 1. The maximum atomic E-state index is 11.9. The first-order valence-electron chi connectivity index (χ1n) is 4.80. The van der Waals surface area contributed by atoms with E-state index in [9.17, 15) is 13.2 Å².